The van der Waals surface area contributed by atoms with Gasteiger partial charge < -0.3 is 15.2 Å². The molecular weight excluding hydrogens is 314 g/mol. The second-order valence-corrected chi connectivity index (χ2v) is 6.57. The number of benzene rings is 1. The average Bonchev–Trinajstić information content (AvgIpc) is 3.02. The van der Waals surface area contributed by atoms with Crippen LogP contribution in [-0.4, -0.2) is 33.9 Å². The lowest BCUT2D eigenvalue weighted by atomic mass is 9.96. The topological polar surface area (TPSA) is 73.9 Å². The first-order valence-electron chi connectivity index (χ1n) is 8.60. The molecule has 25 heavy (non-hydrogen) atoms. The number of aromatic amines is 1. The van der Waals surface area contributed by atoms with Crippen LogP contribution in [0.2, 0.25) is 0 Å². The van der Waals surface area contributed by atoms with Crippen molar-refractivity contribution < 1.29 is 4.79 Å². The summed E-state index contributed by atoms with van der Waals surface area (Å²) < 4.78 is 0. The zero-order valence-electron chi connectivity index (χ0n) is 14.2. The molecule has 0 atom stereocenters. The summed E-state index contributed by atoms with van der Waals surface area (Å²) in [5, 5.41) is 4.19. The normalized spacial score (nSPS) is 15.5. The third-order valence-electron chi connectivity index (χ3n) is 4.76. The summed E-state index contributed by atoms with van der Waals surface area (Å²) in [7, 11) is 0. The molecule has 3 heterocycles. The van der Waals surface area contributed by atoms with Crippen molar-refractivity contribution in [2.45, 2.75) is 19.8 Å². The molecule has 0 aliphatic carbocycles. The number of aromatic nitrogens is 3. The fourth-order valence-corrected chi connectivity index (χ4v) is 3.43. The second kappa shape index (κ2) is 6.55. The SMILES string of the molecule is Cc1cc2cc(NC(=O)C3CCN(c4cnccn4)CC3)ccc2[nH]1. The molecule has 128 valence electrons. The number of rotatable bonds is 3. The van der Waals surface area contributed by atoms with Crippen LogP contribution in [0.5, 0.6) is 0 Å². The summed E-state index contributed by atoms with van der Waals surface area (Å²) in [5.74, 6) is 1.02. The van der Waals surface area contributed by atoms with Gasteiger partial charge in [0.2, 0.25) is 5.91 Å². The molecule has 1 aliphatic rings. The first kappa shape index (κ1) is 15.6. The number of hydrogen-bond acceptors (Lipinski definition) is 4. The van der Waals surface area contributed by atoms with E-state index < -0.39 is 0 Å². The monoisotopic (exact) mass is 335 g/mol. The number of anilines is 2. The minimum atomic E-state index is 0.0385. The maximum atomic E-state index is 12.6. The van der Waals surface area contributed by atoms with Gasteiger partial charge >= 0.3 is 0 Å². The molecule has 1 aromatic carbocycles. The molecule has 1 amide bonds. The van der Waals surface area contributed by atoms with Crippen LogP contribution in [0.4, 0.5) is 11.5 Å². The molecule has 0 bridgehead atoms. The quantitative estimate of drug-likeness (QED) is 0.771. The Kier molecular flexibility index (Phi) is 4.09. The van der Waals surface area contributed by atoms with Crippen molar-refractivity contribution in [2.24, 2.45) is 5.92 Å². The van der Waals surface area contributed by atoms with Gasteiger partial charge in [0.1, 0.15) is 5.82 Å². The number of amides is 1. The van der Waals surface area contributed by atoms with Crippen LogP contribution in [0.25, 0.3) is 10.9 Å². The third kappa shape index (κ3) is 3.33. The highest BCUT2D eigenvalue weighted by Crippen LogP contribution is 2.24. The van der Waals surface area contributed by atoms with Crippen LogP contribution in [0.3, 0.4) is 0 Å². The first-order chi connectivity index (χ1) is 12.2. The van der Waals surface area contributed by atoms with Crippen molar-refractivity contribution in [3.05, 3.63) is 48.5 Å². The maximum Gasteiger partial charge on any atom is 0.227 e. The predicted octanol–water partition coefficient (Wildman–Crippen LogP) is 3.12. The van der Waals surface area contributed by atoms with Gasteiger partial charge in [-0.25, -0.2) is 4.98 Å². The van der Waals surface area contributed by atoms with Gasteiger partial charge in [-0.05, 0) is 44.0 Å². The van der Waals surface area contributed by atoms with Crippen molar-refractivity contribution in [1.29, 1.82) is 0 Å². The van der Waals surface area contributed by atoms with Crippen molar-refractivity contribution in [3.63, 3.8) is 0 Å². The van der Waals surface area contributed by atoms with Gasteiger partial charge in [-0.1, -0.05) is 0 Å². The van der Waals surface area contributed by atoms with Crippen LogP contribution in [0.15, 0.2) is 42.9 Å². The molecule has 4 rings (SSSR count). The molecule has 0 spiro atoms. The minimum Gasteiger partial charge on any atom is -0.359 e. The molecular formula is C19H21N5O. The summed E-state index contributed by atoms with van der Waals surface area (Å²) in [6.45, 7) is 3.68. The van der Waals surface area contributed by atoms with Crippen LogP contribution < -0.4 is 10.2 Å². The Balaban J connectivity index is 1.38. The van der Waals surface area contributed by atoms with E-state index in [0.29, 0.717) is 0 Å². The standard InChI is InChI=1S/C19H21N5O/c1-13-10-15-11-16(2-3-17(15)22-13)23-19(25)14-4-8-24(9-5-14)18-12-20-6-7-21-18/h2-3,6-7,10-12,14,22H,4-5,8-9H2,1H3,(H,23,25). The number of piperidine rings is 1. The van der Waals surface area contributed by atoms with E-state index in [-0.39, 0.29) is 11.8 Å². The van der Waals surface area contributed by atoms with E-state index in [9.17, 15) is 4.79 Å². The van der Waals surface area contributed by atoms with Crippen LogP contribution in [-0.2, 0) is 4.79 Å². The lowest BCUT2D eigenvalue weighted by Gasteiger charge is -2.31. The molecule has 6 nitrogen and oxygen atoms in total. The van der Waals surface area contributed by atoms with E-state index in [1.54, 1.807) is 18.6 Å². The number of carbonyl (C=O) groups is 1. The van der Waals surface area contributed by atoms with Gasteiger partial charge in [0.25, 0.3) is 0 Å². The first-order valence-corrected chi connectivity index (χ1v) is 8.60. The van der Waals surface area contributed by atoms with Gasteiger partial charge in [-0.15, -0.1) is 0 Å². The van der Waals surface area contributed by atoms with Crippen LogP contribution >= 0.6 is 0 Å². The predicted molar refractivity (Wildman–Crippen MR) is 98.6 cm³/mol. The molecule has 1 saturated heterocycles. The fourth-order valence-electron chi connectivity index (χ4n) is 3.43. The lowest BCUT2D eigenvalue weighted by Crippen LogP contribution is -2.38. The number of carbonyl (C=O) groups excluding carboxylic acids is 1. The summed E-state index contributed by atoms with van der Waals surface area (Å²) in [5.41, 5.74) is 3.07. The Morgan fingerprint density at radius 3 is 2.84 bits per heavy atom. The fraction of sp³-hybridized carbons (Fsp3) is 0.316. The molecule has 2 N–H and O–H groups in total. The smallest absolute Gasteiger partial charge is 0.227 e. The summed E-state index contributed by atoms with van der Waals surface area (Å²) in [4.78, 5) is 26.5. The Labute approximate surface area is 146 Å². The molecule has 2 aromatic heterocycles. The molecule has 0 saturated carbocycles. The molecule has 0 radical (unpaired) electrons. The van der Waals surface area contributed by atoms with Gasteiger partial charge in [-0.3, -0.25) is 9.78 Å². The highest BCUT2D eigenvalue weighted by molar-refractivity contribution is 5.95. The number of hydrogen-bond donors (Lipinski definition) is 2. The number of H-pyrrole nitrogens is 1. The third-order valence-corrected chi connectivity index (χ3v) is 4.76. The van der Waals surface area contributed by atoms with Gasteiger partial charge in [0.15, 0.2) is 0 Å². The number of nitrogens with one attached hydrogen (secondary N) is 2. The maximum absolute atomic E-state index is 12.6. The molecule has 1 fully saturated rings. The Hall–Kier alpha value is -2.89. The Bertz CT molecular complexity index is 881. The highest BCUT2D eigenvalue weighted by atomic mass is 16.1. The van der Waals surface area contributed by atoms with Crippen LogP contribution in [0.1, 0.15) is 18.5 Å². The van der Waals surface area contributed by atoms with E-state index in [1.807, 2.05) is 25.1 Å². The van der Waals surface area contributed by atoms with Gasteiger partial charge in [0, 0.05) is 53.7 Å². The molecule has 1 aliphatic heterocycles. The summed E-state index contributed by atoms with van der Waals surface area (Å²) >= 11 is 0. The second-order valence-electron chi connectivity index (χ2n) is 6.57. The zero-order valence-corrected chi connectivity index (χ0v) is 14.2. The van der Waals surface area contributed by atoms with E-state index in [1.165, 1.54) is 0 Å². The van der Waals surface area contributed by atoms with E-state index in [2.05, 4.69) is 31.2 Å². The van der Waals surface area contributed by atoms with Crippen molar-refractivity contribution in [3.8, 4) is 0 Å². The van der Waals surface area contributed by atoms with Gasteiger partial charge in [-0.2, -0.15) is 0 Å². The largest absolute Gasteiger partial charge is 0.359 e. The Morgan fingerprint density at radius 2 is 2.08 bits per heavy atom. The lowest BCUT2D eigenvalue weighted by molar-refractivity contribution is -0.120. The van der Waals surface area contributed by atoms with E-state index in [0.717, 1.165) is 54.0 Å². The van der Waals surface area contributed by atoms with Crippen LogP contribution in [0, 0.1) is 12.8 Å². The van der Waals surface area contributed by atoms with Crippen molar-refractivity contribution in [2.75, 3.05) is 23.3 Å². The average molecular weight is 335 g/mol. The number of fused-ring (bicyclic) bond motifs is 1. The van der Waals surface area contributed by atoms with Crippen molar-refractivity contribution >= 4 is 28.3 Å². The number of aryl methyl sites for hydroxylation is 1. The summed E-state index contributed by atoms with van der Waals surface area (Å²) in [6.07, 6.45) is 6.80. The number of nitrogens with zero attached hydrogens (tertiary/aromatic N) is 3. The molecule has 6 heteroatoms. The molecule has 0 unspecified atom stereocenters. The van der Waals surface area contributed by atoms with E-state index in [4.69, 9.17) is 0 Å². The van der Waals surface area contributed by atoms with Crippen molar-refractivity contribution in [1.82, 2.24) is 15.0 Å². The minimum absolute atomic E-state index is 0.0385. The van der Waals surface area contributed by atoms with Gasteiger partial charge in [0.05, 0.1) is 6.20 Å². The highest BCUT2D eigenvalue weighted by Gasteiger charge is 2.25. The zero-order chi connectivity index (χ0) is 17.2. The Morgan fingerprint density at radius 1 is 1.24 bits per heavy atom. The van der Waals surface area contributed by atoms with E-state index >= 15 is 0 Å². The molecule has 3 aromatic rings. The summed E-state index contributed by atoms with van der Waals surface area (Å²) in [6, 6.07) is 8.06.